The number of fused-ring (bicyclic) bond motifs is 2. The number of benzene rings is 3. The Balaban J connectivity index is 0.997. The highest BCUT2D eigenvalue weighted by Gasteiger charge is 2.38. The van der Waals surface area contributed by atoms with Crippen LogP contribution in [0.15, 0.2) is 66.9 Å². The number of nitrogens with zero attached hydrogens (tertiary/aromatic N) is 5. The van der Waals surface area contributed by atoms with Crippen LogP contribution in [-0.2, 0) is 26.6 Å². The van der Waals surface area contributed by atoms with E-state index >= 15 is 4.39 Å². The summed E-state index contributed by atoms with van der Waals surface area (Å²) < 4.78 is 24.8. The number of nitrogens with one attached hydrogen (secondary N) is 2. The lowest BCUT2D eigenvalue weighted by atomic mass is 9.82. The number of hydrogen-bond donors (Lipinski definition) is 3. The van der Waals surface area contributed by atoms with E-state index in [4.69, 9.17) is 32.9 Å². The molecule has 3 aromatic carbocycles. The fourth-order valence-electron chi connectivity index (χ4n) is 9.86. The molecule has 4 heterocycles. The number of halogens is 3. The van der Waals surface area contributed by atoms with Crippen molar-refractivity contribution >= 4 is 23.2 Å². The Labute approximate surface area is 366 Å². The van der Waals surface area contributed by atoms with Crippen molar-refractivity contribution in [2.75, 3.05) is 59.0 Å². The van der Waals surface area contributed by atoms with Gasteiger partial charge >= 0.3 is 0 Å². The number of aliphatic hydroxyl groups excluding tert-OH is 1. The summed E-state index contributed by atoms with van der Waals surface area (Å²) in [5.74, 6) is 3.09. The highest BCUT2D eigenvalue weighted by atomic mass is 35.5. The van der Waals surface area contributed by atoms with Crippen molar-refractivity contribution in [2.24, 2.45) is 18.9 Å². The minimum absolute atomic E-state index is 0.0207. The van der Waals surface area contributed by atoms with E-state index in [1.54, 1.807) is 6.07 Å². The van der Waals surface area contributed by atoms with Crippen LogP contribution in [0, 0.1) is 17.7 Å². The first kappa shape index (κ1) is 43.6. The molecule has 4 fully saturated rings. The van der Waals surface area contributed by atoms with Crippen LogP contribution >= 0.6 is 23.2 Å². The highest BCUT2D eigenvalue weighted by molar-refractivity contribution is 6.31. The summed E-state index contributed by atoms with van der Waals surface area (Å²) in [5, 5.41) is 19.3. The molecule has 8 rings (SSSR count). The Morgan fingerprint density at radius 3 is 2.43 bits per heavy atom. The van der Waals surface area contributed by atoms with Crippen LogP contribution in [0.25, 0.3) is 11.3 Å². The second-order valence-electron chi connectivity index (χ2n) is 18.3. The molecule has 60 heavy (non-hydrogen) atoms. The Hall–Kier alpha value is -3.06. The van der Waals surface area contributed by atoms with Gasteiger partial charge in [0.25, 0.3) is 0 Å². The lowest BCUT2D eigenvalue weighted by molar-refractivity contribution is 0.0854. The van der Waals surface area contributed by atoms with Crippen molar-refractivity contribution < 1.29 is 14.2 Å². The number of piperidine rings is 1. The van der Waals surface area contributed by atoms with E-state index in [1.807, 2.05) is 42.6 Å². The topological polar surface area (TPSA) is 81.1 Å². The van der Waals surface area contributed by atoms with Crippen LogP contribution < -0.4 is 15.4 Å². The molecule has 1 saturated carbocycles. The molecular formula is C48H64Cl2FN7O2. The zero-order valence-electron chi connectivity index (χ0n) is 35.5. The van der Waals surface area contributed by atoms with Gasteiger partial charge in [-0.1, -0.05) is 48.2 Å². The molecule has 3 aliphatic heterocycles. The second kappa shape index (κ2) is 20.0. The van der Waals surface area contributed by atoms with Gasteiger partial charge in [-0.25, -0.2) is 9.37 Å². The maximum atomic E-state index is 16.2. The molecule has 0 amide bonds. The van der Waals surface area contributed by atoms with Gasteiger partial charge in [0.05, 0.1) is 25.0 Å². The van der Waals surface area contributed by atoms with E-state index in [2.05, 4.69) is 56.0 Å². The molecule has 1 aliphatic carbocycles. The Bertz CT molecular complexity index is 2000. The Morgan fingerprint density at radius 2 is 1.68 bits per heavy atom. The molecule has 324 valence electrons. The number of aliphatic hydroxyl groups is 1. The van der Waals surface area contributed by atoms with Crippen LogP contribution in [0.3, 0.4) is 0 Å². The van der Waals surface area contributed by atoms with E-state index < -0.39 is 0 Å². The van der Waals surface area contributed by atoms with Crippen LogP contribution in [0.2, 0.25) is 10.0 Å². The summed E-state index contributed by atoms with van der Waals surface area (Å²) in [7, 11) is 2.08. The largest absolute Gasteiger partial charge is 0.457 e. The Kier molecular flexibility index (Phi) is 14.5. The number of aromatic nitrogens is 2. The molecule has 1 unspecified atom stereocenters. The number of imidazole rings is 1. The molecule has 5 atom stereocenters. The van der Waals surface area contributed by atoms with Gasteiger partial charge in [-0.3, -0.25) is 9.80 Å². The van der Waals surface area contributed by atoms with Gasteiger partial charge < -0.3 is 29.9 Å². The third-order valence-corrected chi connectivity index (χ3v) is 14.1. The van der Waals surface area contributed by atoms with E-state index in [0.717, 1.165) is 99.5 Å². The molecule has 4 aliphatic rings. The van der Waals surface area contributed by atoms with Crippen molar-refractivity contribution in [2.45, 2.75) is 95.4 Å². The third-order valence-electron chi connectivity index (χ3n) is 13.6. The second-order valence-corrected chi connectivity index (χ2v) is 19.2. The first-order chi connectivity index (χ1) is 29.1. The van der Waals surface area contributed by atoms with Crippen LogP contribution in [0.5, 0.6) is 11.5 Å². The lowest BCUT2D eigenvalue weighted by Crippen LogP contribution is -2.61. The molecule has 4 aromatic rings. The number of ether oxygens (including phenoxy) is 1. The SMILES string of the molecule is C[C@H]1CN[C@H](CO)CN[C@@]2(Cc3ccc(Cl)cc3)CCCN(C[C@H](CC3CC3)CCN1Cc1c(F)cc(Cl)cc1Oc1ccc(-c3cnc(CN4CCCC4)n3C)cc1)C2. The fraction of sp³-hybridized carbons (Fsp3) is 0.562. The number of likely N-dealkylation sites (tertiary alicyclic amines) is 1. The van der Waals surface area contributed by atoms with Gasteiger partial charge in [0.1, 0.15) is 23.1 Å². The molecule has 1 aromatic heterocycles. The van der Waals surface area contributed by atoms with Gasteiger partial charge in [-0.2, -0.15) is 0 Å². The molecule has 0 spiro atoms. The Morgan fingerprint density at radius 1 is 0.900 bits per heavy atom. The highest BCUT2D eigenvalue weighted by Crippen LogP contribution is 2.38. The predicted octanol–water partition coefficient (Wildman–Crippen LogP) is 8.55. The first-order valence-corrected chi connectivity index (χ1v) is 23.2. The van der Waals surface area contributed by atoms with Gasteiger partial charge in [0, 0.05) is 78.6 Å². The van der Waals surface area contributed by atoms with E-state index in [9.17, 15) is 5.11 Å². The summed E-state index contributed by atoms with van der Waals surface area (Å²) >= 11 is 12.8. The van der Waals surface area contributed by atoms with Crippen molar-refractivity contribution in [3.63, 3.8) is 0 Å². The molecule has 3 N–H and O–H groups in total. The van der Waals surface area contributed by atoms with Crippen LogP contribution in [-0.4, -0.2) is 106 Å². The normalized spacial score (nSPS) is 26.2. The van der Waals surface area contributed by atoms with Crippen molar-refractivity contribution in [1.82, 2.24) is 34.9 Å². The monoisotopic (exact) mass is 859 g/mol. The van der Waals surface area contributed by atoms with E-state index in [1.165, 1.54) is 43.7 Å². The zero-order chi connectivity index (χ0) is 41.6. The van der Waals surface area contributed by atoms with E-state index in [-0.39, 0.29) is 30.0 Å². The predicted molar refractivity (Wildman–Crippen MR) is 240 cm³/mol. The quantitative estimate of drug-likeness (QED) is 0.131. The van der Waals surface area contributed by atoms with Gasteiger partial charge in [-0.15, -0.1) is 0 Å². The molecule has 9 nitrogen and oxygen atoms in total. The minimum atomic E-state index is -0.369. The number of hydrogen-bond acceptors (Lipinski definition) is 8. The van der Waals surface area contributed by atoms with Crippen molar-refractivity contribution in [3.05, 3.63) is 99.7 Å². The standard InChI is InChI=1S/C48H64Cl2FN7O2/c1-34-26-52-41(32-59)27-54-48(25-36-8-12-39(49)13-9-36)17-5-20-57(33-48)29-37(22-35-6-7-35)16-21-58(34)30-43-44(51)23-40(50)24-46(43)60-42-14-10-38(11-15-42)45-28-53-47(55(45)2)31-56-18-3-4-19-56/h8-15,23-24,28,34-35,37,41,52,54,59H,3-7,16-22,25-27,29-33H2,1-2H3/t34-,37-,41-,48+/m0/s1. The molecule has 3 saturated heterocycles. The molecule has 12 heteroatoms. The average Bonchev–Trinajstić information content (AvgIpc) is 3.76. The van der Waals surface area contributed by atoms with E-state index in [0.29, 0.717) is 47.6 Å². The third kappa shape index (κ3) is 11.3. The van der Waals surface area contributed by atoms with Crippen molar-refractivity contribution in [1.29, 1.82) is 0 Å². The minimum Gasteiger partial charge on any atom is -0.457 e. The smallest absolute Gasteiger partial charge is 0.136 e. The van der Waals surface area contributed by atoms with Gasteiger partial charge in [-0.05, 0) is 144 Å². The summed E-state index contributed by atoms with van der Waals surface area (Å²) in [6, 6.07) is 19.3. The summed E-state index contributed by atoms with van der Waals surface area (Å²) in [5.41, 5.74) is 3.78. The summed E-state index contributed by atoms with van der Waals surface area (Å²) in [6.45, 7) is 11.0. The first-order valence-electron chi connectivity index (χ1n) is 22.4. The van der Waals surface area contributed by atoms with Crippen molar-refractivity contribution in [3.8, 4) is 22.8 Å². The summed E-state index contributed by atoms with van der Waals surface area (Å²) in [4.78, 5) is 12.3. The lowest BCUT2D eigenvalue weighted by Gasteiger charge is -2.46. The fourth-order valence-corrected chi connectivity index (χ4v) is 10.2. The van der Waals surface area contributed by atoms with Gasteiger partial charge in [0.2, 0.25) is 0 Å². The average molecular weight is 861 g/mol. The van der Waals surface area contributed by atoms with Crippen LogP contribution in [0.1, 0.15) is 75.2 Å². The molecule has 0 radical (unpaired) electrons. The molecular weight excluding hydrogens is 796 g/mol. The van der Waals surface area contributed by atoms with Gasteiger partial charge in [0.15, 0.2) is 0 Å². The maximum Gasteiger partial charge on any atom is 0.136 e. The van der Waals surface area contributed by atoms with Crippen LogP contribution in [0.4, 0.5) is 4.39 Å². The molecule has 2 bridgehead atoms. The maximum absolute atomic E-state index is 16.2. The summed E-state index contributed by atoms with van der Waals surface area (Å²) in [6.07, 6.45) is 12.5. The number of rotatable bonds is 12. The zero-order valence-corrected chi connectivity index (χ0v) is 37.0.